The molecular formula is C11H20N2O4. The minimum absolute atomic E-state index is 0.416. The monoisotopic (exact) mass is 244 g/mol. The van der Waals surface area contributed by atoms with Gasteiger partial charge in [-0.25, -0.2) is 19.6 Å². The first-order chi connectivity index (χ1) is 7.76. The number of carbonyl (C=O) groups is 2. The number of amides is 1. The Hall–Kier alpha value is -1.30. The zero-order valence-electron chi connectivity index (χ0n) is 11.0. The lowest BCUT2D eigenvalue weighted by Crippen LogP contribution is -2.49. The van der Waals surface area contributed by atoms with E-state index in [9.17, 15) is 9.59 Å². The second kappa shape index (κ2) is 4.91. The van der Waals surface area contributed by atoms with Crippen LogP contribution in [0.3, 0.4) is 0 Å². The van der Waals surface area contributed by atoms with Crippen molar-refractivity contribution in [3.8, 4) is 0 Å². The molecule has 1 unspecified atom stereocenters. The Morgan fingerprint density at radius 2 is 1.88 bits per heavy atom. The third kappa shape index (κ3) is 3.33. The maximum absolute atomic E-state index is 12.0. The van der Waals surface area contributed by atoms with E-state index in [4.69, 9.17) is 4.74 Å². The Morgan fingerprint density at radius 1 is 1.29 bits per heavy atom. The van der Waals surface area contributed by atoms with Crippen LogP contribution in [-0.4, -0.2) is 54.4 Å². The molecule has 6 nitrogen and oxygen atoms in total. The highest BCUT2D eigenvalue weighted by Gasteiger charge is 2.40. The third-order valence-electron chi connectivity index (χ3n) is 2.44. The average Bonchev–Trinajstić information content (AvgIpc) is 2.56. The van der Waals surface area contributed by atoms with Gasteiger partial charge in [0.2, 0.25) is 0 Å². The van der Waals surface area contributed by atoms with Crippen LogP contribution in [0.5, 0.6) is 0 Å². The van der Waals surface area contributed by atoms with Crippen molar-refractivity contribution >= 4 is 12.1 Å². The third-order valence-corrected chi connectivity index (χ3v) is 2.44. The molecule has 1 aliphatic rings. The summed E-state index contributed by atoms with van der Waals surface area (Å²) in [6.45, 7) is 5.98. The van der Waals surface area contributed by atoms with E-state index in [-0.39, 0.29) is 0 Å². The van der Waals surface area contributed by atoms with Gasteiger partial charge in [-0.1, -0.05) is 0 Å². The van der Waals surface area contributed by atoms with Gasteiger partial charge in [-0.15, -0.1) is 0 Å². The maximum Gasteiger partial charge on any atom is 0.425 e. The van der Waals surface area contributed by atoms with Gasteiger partial charge in [-0.2, -0.15) is 0 Å². The quantitative estimate of drug-likeness (QED) is 0.644. The number of esters is 1. The van der Waals surface area contributed by atoms with Gasteiger partial charge in [0.25, 0.3) is 0 Å². The van der Waals surface area contributed by atoms with Crippen molar-refractivity contribution in [1.82, 2.24) is 10.0 Å². The molecule has 6 heteroatoms. The first-order valence-electron chi connectivity index (χ1n) is 5.57. The van der Waals surface area contributed by atoms with Gasteiger partial charge in [0.1, 0.15) is 5.60 Å². The van der Waals surface area contributed by atoms with E-state index in [1.54, 1.807) is 32.8 Å². The largest absolute Gasteiger partial charge is 0.467 e. The smallest absolute Gasteiger partial charge is 0.425 e. The van der Waals surface area contributed by atoms with Crippen LogP contribution >= 0.6 is 0 Å². The SMILES string of the molecule is COC(=O)C1CCN(C)N1C(=O)OC(C)(C)C. The molecule has 1 rings (SSSR count). The number of carbonyl (C=O) groups excluding carboxylic acids is 2. The van der Waals surface area contributed by atoms with Gasteiger partial charge < -0.3 is 9.47 Å². The molecule has 0 bridgehead atoms. The summed E-state index contributed by atoms with van der Waals surface area (Å²) in [5.74, 6) is -0.416. The first-order valence-corrected chi connectivity index (χ1v) is 5.57. The molecule has 0 spiro atoms. The Morgan fingerprint density at radius 3 is 2.35 bits per heavy atom. The zero-order chi connectivity index (χ0) is 13.2. The number of hydrogen-bond donors (Lipinski definition) is 0. The van der Waals surface area contributed by atoms with Crippen molar-refractivity contribution in [2.24, 2.45) is 0 Å². The number of rotatable bonds is 1. The molecule has 1 aliphatic heterocycles. The Balaban J connectivity index is 2.78. The minimum atomic E-state index is -0.583. The molecule has 1 amide bonds. The molecule has 0 saturated carbocycles. The fraction of sp³-hybridized carbons (Fsp3) is 0.818. The van der Waals surface area contributed by atoms with Gasteiger partial charge in [0.15, 0.2) is 6.04 Å². The summed E-state index contributed by atoms with van der Waals surface area (Å²) in [4.78, 5) is 23.5. The molecule has 0 aromatic carbocycles. The summed E-state index contributed by atoms with van der Waals surface area (Å²) in [7, 11) is 3.06. The number of ether oxygens (including phenoxy) is 2. The predicted molar refractivity (Wildman–Crippen MR) is 61.1 cm³/mol. The van der Waals surface area contributed by atoms with Gasteiger partial charge in [-0.05, 0) is 27.2 Å². The number of hydrazine groups is 1. The molecular weight excluding hydrogens is 224 g/mol. The molecule has 1 saturated heterocycles. The molecule has 0 radical (unpaired) electrons. The Bertz CT molecular complexity index is 311. The van der Waals surface area contributed by atoms with Crippen LogP contribution in [0.25, 0.3) is 0 Å². The van der Waals surface area contributed by atoms with E-state index in [1.165, 1.54) is 12.1 Å². The van der Waals surface area contributed by atoms with E-state index in [1.807, 2.05) is 0 Å². The summed E-state index contributed by atoms with van der Waals surface area (Å²) >= 11 is 0. The van der Waals surface area contributed by atoms with Crippen molar-refractivity contribution in [3.63, 3.8) is 0 Å². The molecule has 17 heavy (non-hydrogen) atoms. The van der Waals surface area contributed by atoms with Crippen molar-refractivity contribution in [3.05, 3.63) is 0 Å². The molecule has 0 aromatic heterocycles. The predicted octanol–water partition coefficient (Wildman–Crippen LogP) is 1.02. The van der Waals surface area contributed by atoms with Crippen molar-refractivity contribution in [2.45, 2.75) is 38.8 Å². The van der Waals surface area contributed by atoms with E-state index >= 15 is 0 Å². The highest BCUT2D eigenvalue weighted by Crippen LogP contribution is 2.21. The van der Waals surface area contributed by atoms with Crippen molar-refractivity contribution in [2.75, 3.05) is 20.7 Å². The standard InChI is InChI=1S/C11H20N2O4/c1-11(2,3)17-10(15)13-8(9(14)16-5)6-7-12(13)4/h8H,6-7H2,1-5H3. The Labute approximate surface area is 101 Å². The normalized spacial score (nSPS) is 21.5. The molecule has 1 heterocycles. The van der Waals surface area contributed by atoms with Gasteiger partial charge in [0, 0.05) is 13.6 Å². The molecule has 0 N–H and O–H groups in total. The second-order valence-corrected chi connectivity index (χ2v) is 5.03. The van der Waals surface area contributed by atoms with Crippen LogP contribution in [-0.2, 0) is 14.3 Å². The van der Waals surface area contributed by atoms with Gasteiger partial charge in [-0.3, -0.25) is 0 Å². The zero-order valence-corrected chi connectivity index (χ0v) is 11.0. The lowest BCUT2D eigenvalue weighted by atomic mass is 10.2. The van der Waals surface area contributed by atoms with E-state index < -0.39 is 23.7 Å². The van der Waals surface area contributed by atoms with Gasteiger partial charge in [0.05, 0.1) is 7.11 Å². The summed E-state index contributed by atoms with van der Waals surface area (Å²) in [5, 5.41) is 2.99. The highest BCUT2D eigenvalue weighted by molar-refractivity contribution is 5.81. The van der Waals surface area contributed by atoms with Crippen LogP contribution in [0.2, 0.25) is 0 Å². The minimum Gasteiger partial charge on any atom is -0.467 e. The van der Waals surface area contributed by atoms with E-state index in [0.29, 0.717) is 13.0 Å². The molecule has 0 aromatic rings. The summed E-state index contributed by atoms with van der Waals surface area (Å²) in [6.07, 6.45) is 0.0375. The van der Waals surface area contributed by atoms with Crippen LogP contribution in [0.1, 0.15) is 27.2 Å². The lowest BCUT2D eigenvalue weighted by Gasteiger charge is -2.30. The summed E-state index contributed by atoms with van der Waals surface area (Å²) in [6, 6.07) is -0.583. The maximum atomic E-state index is 12.0. The highest BCUT2D eigenvalue weighted by atomic mass is 16.6. The van der Waals surface area contributed by atoms with E-state index in [2.05, 4.69) is 4.74 Å². The molecule has 1 atom stereocenters. The van der Waals surface area contributed by atoms with Gasteiger partial charge >= 0.3 is 12.1 Å². The molecule has 98 valence electrons. The van der Waals surface area contributed by atoms with Crippen LogP contribution in [0, 0.1) is 0 Å². The topological polar surface area (TPSA) is 59.1 Å². The van der Waals surface area contributed by atoms with Crippen LogP contribution < -0.4 is 0 Å². The fourth-order valence-electron chi connectivity index (χ4n) is 1.71. The number of hydrogen-bond acceptors (Lipinski definition) is 5. The number of methoxy groups -OCH3 is 1. The lowest BCUT2D eigenvalue weighted by molar-refractivity contribution is -0.149. The first kappa shape index (κ1) is 13.8. The fourth-order valence-corrected chi connectivity index (χ4v) is 1.71. The average molecular weight is 244 g/mol. The Kier molecular flexibility index (Phi) is 3.98. The summed E-state index contributed by atoms with van der Waals surface area (Å²) in [5.41, 5.74) is -0.582. The molecule has 1 fully saturated rings. The van der Waals surface area contributed by atoms with Crippen LogP contribution in [0.4, 0.5) is 4.79 Å². The van der Waals surface area contributed by atoms with Crippen molar-refractivity contribution < 1.29 is 19.1 Å². The summed E-state index contributed by atoms with van der Waals surface area (Å²) < 4.78 is 9.93. The van der Waals surface area contributed by atoms with Crippen LogP contribution in [0.15, 0.2) is 0 Å². The number of nitrogens with zero attached hydrogens (tertiary/aromatic N) is 2. The second-order valence-electron chi connectivity index (χ2n) is 5.03. The van der Waals surface area contributed by atoms with Crippen molar-refractivity contribution in [1.29, 1.82) is 0 Å². The van der Waals surface area contributed by atoms with E-state index in [0.717, 1.165) is 0 Å². The molecule has 0 aliphatic carbocycles.